The summed E-state index contributed by atoms with van der Waals surface area (Å²) in [6, 6.07) is 3.23. The Morgan fingerprint density at radius 1 is 1.21 bits per heavy atom. The van der Waals surface area contributed by atoms with Gasteiger partial charge in [0.15, 0.2) is 0 Å². The van der Waals surface area contributed by atoms with Gasteiger partial charge in [-0.1, -0.05) is 0 Å². The van der Waals surface area contributed by atoms with E-state index in [0.29, 0.717) is 28.7 Å². The van der Waals surface area contributed by atoms with Gasteiger partial charge in [-0.2, -0.15) is 18.3 Å². The highest BCUT2D eigenvalue weighted by molar-refractivity contribution is 5.76. The zero-order chi connectivity index (χ0) is 14.2. The Kier molecular flexibility index (Phi) is 3.18. The molecule has 0 N–H and O–H groups in total. The molecule has 1 aromatic heterocycles. The molecule has 0 saturated heterocycles. The van der Waals surface area contributed by atoms with Crippen LogP contribution in [0.25, 0.3) is 5.69 Å². The first-order valence-electron chi connectivity index (χ1n) is 5.51. The Bertz CT molecular complexity index is 606. The van der Waals surface area contributed by atoms with E-state index in [4.69, 9.17) is 0 Å². The minimum atomic E-state index is -4.41. The number of alkyl halides is 3. The first kappa shape index (κ1) is 13.3. The molecule has 2 rings (SSSR count). The van der Waals surface area contributed by atoms with Crippen LogP contribution < -0.4 is 0 Å². The lowest BCUT2D eigenvalue weighted by Gasteiger charge is -2.10. The molecule has 6 heteroatoms. The quantitative estimate of drug-likeness (QED) is 0.783. The largest absolute Gasteiger partial charge is 0.419 e. The third-order valence-electron chi connectivity index (χ3n) is 2.79. The van der Waals surface area contributed by atoms with Crippen LogP contribution in [0.2, 0.25) is 0 Å². The molecule has 0 atom stereocenters. The van der Waals surface area contributed by atoms with Crippen molar-refractivity contribution in [1.82, 2.24) is 9.78 Å². The van der Waals surface area contributed by atoms with Gasteiger partial charge in [0.05, 0.1) is 17.4 Å². The number of carbonyl (C=O) groups excluding carboxylic acids is 1. The van der Waals surface area contributed by atoms with Crippen LogP contribution in [0, 0.1) is 13.8 Å². The molecule has 0 amide bonds. The van der Waals surface area contributed by atoms with Gasteiger partial charge in [-0.3, -0.25) is 4.79 Å². The highest BCUT2D eigenvalue weighted by Gasteiger charge is 2.32. The van der Waals surface area contributed by atoms with Crippen molar-refractivity contribution in [2.75, 3.05) is 0 Å². The third-order valence-corrected chi connectivity index (χ3v) is 2.79. The first-order valence-corrected chi connectivity index (χ1v) is 5.51. The molecule has 0 aliphatic rings. The van der Waals surface area contributed by atoms with Crippen molar-refractivity contribution >= 4 is 6.29 Å². The maximum Gasteiger partial charge on any atom is 0.419 e. The third kappa shape index (κ3) is 2.52. The highest BCUT2D eigenvalue weighted by Crippen LogP contribution is 2.30. The van der Waals surface area contributed by atoms with Crippen molar-refractivity contribution in [3.63, 3.8) is 0 Å². The van der Waals surface area contributed by atoms with Crippen molar-refractivity contribution in [3.05, 3.63) is 46.8 Å². The van der Waals surface area contributed by atoms with E-state index in [0.717, 1.165) is 12.4 Å². The lowest BCUT2D eigenvalue weighted by molar-refractivity contribution is -0.137. The average molecular weight is 268 g/mol. The summed E-state index contributed by atoms with van der Waals surface area (Å²) in [6.45, 7) is 3.45. The summed E-state index contributed by atoms with van der Waals surface area (Å²) in [5.41, 5.74) is 1.63. The van der Waals surface area contributed by atoms with Gasteiger partial charge < -0.3 is 0 Å². The summed E-state index contributed by atoms with van der Waals surface area (Å²) in [7, 11) is 0. The summed E-state index contributed by atoms with van der Waals surface area (Å²) >= 11 is 0. The van der Waals surface area contributed by atoms with E-state index in [9.17, 15) is 18.0 Å². The van der Waals surface area contributed by atoms with Gasteiger partial charge >= 0.3 is 6.18 Å². The molecule has 0 spiro atoms. The maximum absolute atomic E-state index is 12.5. The summed E-state index contributed by atoms with van der Waals surface area (Å²) < 4.78 is 38.8. The first-order chi connectivity index (χ1) is 8.82. The van der Waals surface area contributed by atoms with Crippen LogP contribution in [-0.2, 0) is 6.18 Å². The van der Waals surface area contributed by atoms with Crippen molar-refractivity contribution in [2.45, 2.75) is 20.0 Å². The van der Waals surface area contributed by atoms with Gasteiger partial charge in [-0.05, 0) is 37.1 Å². The van der Waals surface area contributed by atoms with Crippen molar-refractivity contribution in [1.29, 1.82) is 0 Å². The molecule has 0 bridgehead atoms. The molecule has 3 nitrogen and oxygen atoms in total. The minimum absolute atomic E-state index is 0.488. The number of aryl methyl sites for hydroxylation is 2. The fraction of sp³-hybridized carbons (Fsp3) is 0.231. The van der Waals surface area contributed by atoms with E-state index < -0.39 is 11.7 Å². The lowest BCUT2D eigenvalue weighted by atomic mass is 10.1. The van der Waals surface area contributed by atoms with Crippen molar-refractivity contribution in [3.8, 4) is 5.69 Å². The smallest absolute Gasteiger partial charge is 0.298 e. The van der Waals surface area contributed by atoms with E-state index in [2.05, 4.69) is 5.10 Å². The second kappa shape index (κ2) is 4.53. The maximum atomic E-state index is 12.5. The molecule has 0 saturated carbocycles. The number of rotatable bonds is 2. The molecule has 19 heavy (non-hydrogen) atoms. The van der Waals surface area contributed by atoms with E-state index in [-0.39, 0.29) is 0 Å². The van der Waals surface area contributed by atoms with E-state index in [1.54, 1.807) is 26.0 Å². The fourth-order valence-corrected chi connectivity index (χ4v) is 2.01. The van der Waals surface area contributed by atoms with Gasteiger partial charge in [-0.25, -0.2) is 4.68 Å². The zero-order valence-electron chi connectivity index (χ0n) is 10.3. The van der Waals surface area contributed by atoms with Crippen molar-refractivity contribution in [2.24, 2.45) is 0 Å². The molecule has 1 heterocycles. The van der Waals surface area contributed by atoms with Crippen LogP contribution in [0.15, 0.2) is 24.5 Å². The number of aldehydes is 1. The number of nitrogens with zero attached hydrogens (tertiary/aromatic N) is 2. The predicted molar refractivity (Wildman–Crippen MR) is 63.4 cm³/mol. The second-order valence-electron chi connectivity index (χ2n) is 4.29. The summed E-state index contributed by atoms with van der Waals surface area (Å²) in [5.74, 6) is 0. The molecular formula is C13H11F3N2O. The van der Waals surface area contributed by atoms with Gasteiger partial charge in [0.2, 0.25) is 0 Å². The molecule has 1 aromatic carbocycles. The number of halogens is 3. The number of benzene rings is 1. The number of hydrogen-bond acceptors (Lipinski definition) is 2. The molecule has 0 aliphatic heterocycles. The monoisotopic (exact) mass is 268 g/mol. The topological polar surface area (TPSA) is 34.9 Å². The van der Waals surface area contributed by atoms with Crippen molar-refractivity contribution < 1.29 is 18.0 Å². The molecule has 2 aromatic rings. The van der Waals surface area contributed by atoms with Gasteiger partial charge in [0.25, 0.3) is 0 Å². The summed E-state index contributed by atoms with van der Waals surface area (Å²) in [5, 5.41) is 3.74. The number of hydrogen-bond donors (Lipinski definition) is 0. The molecule has 0 aliphatic carbocycles. The Labute approximate surface area is 107 Å². The second-order valence-corrected chi connectivity index (χ2v) is 4.29. The van der Waals surface area contributed by atoms with Crippen LogP contribution in [0.3, 0.4) is 0 Å². The predicted octanol–water partition coefficient (Wildman–Crippen LogP) is 3.32. The fourth-order valence-electron chi connectivity index (χ4n) is 2.01. The van der Waals surface area contributed by atoms with Gasteiger partial charge in [0, 0.05) is 11.8 Å². The minimum Gasteiger partial charge on any atom is -0.298 e. The Hall–Kier alpha value is -2.11. The van der Waals surface area contributed by atoms with E-state index >= 15 is 0 Å². The van der Waals surface area contributed by atoms with Gasteiger partial charge in [-0.15, -0.1) is 0 Å². The van der Waals surface area contributed by atoms with Gasteiger partial charge in [0.1, 0.15) is 6.29 Å². The molecule has 100 valence electrons. The average Bonchev–Trinajstić information content (AvgIpc) is 2.76. The van der Waals surface area contributed by atoms with Crippen LogP contribution in [-0.4, -0.2) is 16.1 Å². The SMILES string of the molecule is Cc1cc(C=O)cc(C)c1-n1cc(C(F)(F)F)cn1. The number of aromatic nitrogens is 2. The van der Waals surface area contributed by atoms with Crippen LogP contribution in [0.1, 0.15) is 27.0 Å². The van der Waals surface area contributed by atoms with Crippen LogP contribution in [0.5, 0.6) is 0 Å². The van der Waals surface area contributed by atoms with Crippen LogP contribution in [0.4, 0.5) is 13.2 Å². The van der Waals surface area contributed by atoms with E-state index in [1.165, 1.54) is 4.68 Å². The van der Waals surface area contributed by atoms with Crippen LogP contribution >= 0.6 is 0 Å². The summed E-state index contributed by atoms with van der Waals surface area (Å²) in [4.78, 5) is 10.7. The number of carbonyl (C=O) groups is 1. The Morgan fingerprint density at radius 3 is 2.21 bits per heavy atom. The Balaban J connectivity index is 2.54. The molecule has 0 unspecified atom stereocenters. The normalized spacial score (nSPS) is 11.6. The lowest BCUT2D eigenvalue weighted by Crippen LogP contribution is -2.04. The highest BCUT2D eigenvalue weighted by atomic mass is 19.4. The Morgan fingerprint density at radius 2 is 1.79 bits per heavy atom. The van der Waals surface area contributed by atoms with E-state index in [1.807, 2.05) is 0 Å². The zero-order valence-corrected chi connectivity index (χ0v) is 10.3. The standard InChI is InChI=1S/C13H11F3N2O/c1-8-3-10(7-19)4-9(2)12(8)18-6-11(5-17-18)13(14,15)16/h3-7H,1-2H3. The molecule has 0 radical (unpaired) electrons. The summed E-state index contributed by atoms with van der Waals surface area (Å²) in [6.07, 6.45) is -1.99. The molecule has 0 fully saturated rings. The molecular weight excluding hydrogens is 257 g/mol.